The Morgan fingerprint density at radius 3 is 2.50 bits per heavy atom. The smallest absolute Gasteiger partial charge is 0.208 e. The van der Waals surface area contributed by atoms with E-state index < -0.39 is 16.1 Å². The van der Waals surface area contributed by atoms with E-state index in [0.717, 1.165) is 38.1 Å². The maximum Gasteiger partial charge on any atom is 0.208 e. The van der Waals surface area contributed by atoms with Gasteiger partial charge in [-0.3, -0.25) is 0 Å². The molecule has 0 aromatic heterocycles. The summed E-state index contributed by atoms with van der Waals surface area (Å²) in [6.45, 7) is 4.88. The van der Waals surface area contributed by atoms with E-state index in [1.807, 2.05) is 0 Å². The Labute approximate surface area is 97.9 Å². The molecule has 16 heavy (non-hydrogen) atoms. The number of aliphatic hydroxyl groups excluding tert-OH is 1. The van der Waals surface area contributed by atoms with Crippen molar-refractivity contribution in [3.05, 3.63) is 0 Å². The second kappa shape index (κ2) is 5.95. The molecule has 96 valence electrons. The first-order valence-electron chi connectivity index (χ1n) is 5.72. The summed E-state index contributed by atoms with van der Waals surface area (Å²) in [4.78, 5) is 2.19. The molecule has 6 heteroatoms. The first kappa shape index (κ1) is 13.9. The van der Waals surface area contributed by atoms with Crippen molar-refractivity contribution in [1.82, 2.24) is 9.62 Å². The fraction of sp³-hybridized carbons (Fsp3) is 1.00. The standard InChI is InChI=1S/C10H22N2O3S/c1-9-3-5-12(6-4-9)8-10(13)7-11-16(2,14)15/h9-11,13H,3-8H2,1-2H3/t10-/m1/s1. The van der Waals surface area contributed by atoms with Gasteiger partial charge in [-0.1, -0.05) is 6.92 Å². The van der Waals surface area contributed by atoms with Gasteiger partial charge < -0.3 is 10.0 Å². The second-order valence-electron chi connectivity index (χ2n) is 4.76. The SMILES string of the molecule is CC1CCN(C[C@H](O)CNS(C)(=O)=O)CC1. The predicted octanol–water partition coefficient (Wildman–Crippen LogP) is -0.372. The molecule has 0 unspecified atom stereocenters. The van der Waals surface area contributed by atoms with Crippen LogP contribution >= 0.6 is 0 Å². The van der Waals surface area contributed by atoms with Crippen molar-refractivity contribution in [3.63, 3.8) is 0 Å². The molecule has 0 radical (unpaired) electrons. The van der Waals surface area contributed by atoms with Crippen molar-refractivity contribution >= 4 is 10.0 Å². The summed E-state index contributed by atoms with van der Waals surface area (Å²) in [5, 5.41) is 9.66. The number of likely N-dealkylation sites (tertiary alicyclic amines) is 1. The van der Waals surface area contributed by atoms with Gasteiger partial charge in [-0.05, 0) is 31.8 Å². The van der Waals surface area contributed by atoms with E-state index in [4.69, 9.17) is 0 Å². The molecule has 1 aliphatic rings. The number of aliphatic hydroxyl groups is 1. The summed E-state index contributed by atoms with van der Waals surface area (Å²) in [6.07, 6.45) is 2.80. The van der Waals surface area contributed by atoms with Crippen molar-refractivity contribution < 1.29 is 13.5 Å². The molecule has 2 N–H and O–H groups in total. The third kappa shape index (κ3) is 5.79. The van der Waals surface area contributed by atoms with Gasteiger partial charge >= 0.3 is 0 Å². The van der Waals surface area contributed by atoms with E-state index in [2.05, 4.69) is 16.5 Å². The van der Waals surface area contributed by atoms with Crippen LogP contribution in [0.4, 0.5) is 0 Å². The fourth-order valence-electron chi connectivity index (χ4n) is 1.85. The molecule has 1 rings (SSSR count). The summed E-state index contributed by atoms with van der Waals surface area (Å²) in [6, 6.07) is 0. The highest BCUT2D eigenvalue weighted by atomic mass is 32.2. The number of piperidine rings is 1. The largest absolute Gasteiger partial charge is 0.390 e. The average molecular weight is 250 g/mol. The monoisotopic (exact) mass is 250 g/mol. The number of rotatable bonds is 5. The molecule has 1 saturated heterocycles. The second-order valence-corrected chi connectivity index (χ2v) is 6.59. The van der Waals surface area contributed by atoms with E-state index in [1.54, 1.807) is 0 Å². The molecule has 5 nitrogen and oxygen atoms in total. The van der Waals surface area contributed by atoms with Crippen LogP contribution < -0.4 is 4.72 Å². The number of hydrogen-bond acceptors (Lipinski definition) is 4. The lowest BCUT2D eigenvalue weighted by Gasteiger charge is -2.31. The first-order chi connectivity index (χ1) is 7.37. The molecule has 0 spiro atoms. The number of nitrogens with zero attached hydrogens (tertiary/aromatic N) is 1. The normalized spacial score (nSPS) is 22.2. The Kier molecular flexibility index (Phi) is 5.17. The van der Waals surface area contributed by atoms with E-state index in [0.29, 0.717) is 6.54 Å². The molecule has 0 aromatic rings. The van der Waals surface area contributed by atoms with Gasteiger partial charge in [0.1, 0.15) is 0 Å². The Morgan fingerprint density at radius 1 is 1.44 bits per heavy atom. The summed E-state index contributed by atoms with van der Waals surface area (Å²) < 4.78 is 24.0. The van der Waals surface area contributed by atoms with Crippen LogP contribution in [0.15, 0.2) is 0 Å². The zero-order valence-electron chi connectivity index (χ0n) is 10.0. The van der Waals surface area contributed by atoms with Crippen LogP contribution in [0.1, 0.15) is 19.8 Å². The van der Waals surface area contributed by atoms with Gasteiger partial charge in [0.2, 0.25) is 10.0 Å². The third-order valence-electron chi connectivity index (χ3n) is 2.93. The number of hydrogen-bond donors (Lipinski definition) is 2. The molecule has 1 atom stereocenters. The highest BCUT2D eigenvalue weighted by Crippen LogP contribution is 2.15. The van der Waals surface area contributed by atoms with Gasteiger partial charge in [0.15, 0.2) is 0 Å². The topological polar surface area (TPSA) is 69.6 Å². The van der Waals surface area contributed by atoms with Crippen LogP contribution in [0.3, 0.4) is 0 Å². The maximum atomic E-state index is 10.8. The van der Waals surface area contributed by atoms with E-state index in [1.165, 1.54) is 0 Å². The maximum absolute atomic E-state index is 10.8. The summed E-state index contributed by atoms with van der Waals surface area (Å²) in [5.41, 5.74) is 0. The van der Waals surface area contributed by atoms with Gasteiger partial charge in [-0.15, -0.1) is 0 Å². The molecule has 0 saturated carbocycles. The molecule has 0 bridgehead atoms. The first-order valence-corrected chi connectivity index (χ1v) is 7.61. The molecular formula is C10H22N2O3S. The molecule has 1 heterocycles. The third-order valence-corrected chi connectivity index (χ3v) is 3.62. The van der Waals surface area contributed by atoms with Gasteiger partial charge in [-0.25, -0.2) is 13.1 Å². The number of sulfonamides is 1. The summed E-state index contributed by atoms with van der Waals surface area (Å²) in [5.74, 6) is 0.766. The van der Waals surface area contributed by atoms with E-state index in [-0.39, 0.29) is 6.54 Å². The minimum atomic E-state index is -3.20. The highest BCUT2D eigenvalue weighted by Gasteiger charge is 2.18. The zero-order chi connectivity index (χ0) is 12.2. The van der Waals surface area contributed by atoms with Gasteiger partial charge in [-0.2, -0.15) is 0 Å². The molecule has 0 aliphatic carbocycles. The van der Waals surface area contributed by atoms with Crippen LogP contribution in [0.25, 0.3) is 0 Å². The van der Waals surface area contributed by atoms with Crippen LogP contribution in [-0.4, -0.2) is 57.0 Å². The van der Waals surface area contributed by atoms with Crippen LogP contribution in [0, 0.1) is 5.92 Å². The fourth-order valence-corrected chi connectivity index (χ4v) is 2.35. The quantitative estimate of drug-likeness (QED) is 0.698. The molecule has 0 aromatic carbocycles. The Morgan fingerprint density at radius 2 is 2.00 bits per heavy atom. The molecule has 1 aliphatic heterocycles. The average Bonchev–Trinajstić information content (AvgIpc) is 2.18. The van der Waals surface area contributed by atoms with E-state index in [9.17, 15) is 13.5 Å². The van der Waals surface area contributed by atoms with Crippen LogP contribution in [0.5, 0.6) is 0 Å². The minimum absolute atomic E-state index is 0.102. The van der Waals surface area contributed by atoms with Crippen LogP contribution in [0.2, 0.25) is 0 Å². The lowest BCUT2D eigenvalue weighted by Crippen LogP contribution is -2.42. The van der Waals surface area contributed by atoms with Gasteiger partial charge in [0.05, 0.1) is 12.4 Å². The van der Waals surface area contributed by atoms with Crippen molar-refractivity contribution in [2.24, 2.45) is 5.92 Å². The molecular weight excluding hydrogens is 228 g/mol. The lowest BCUT2D eigenvalue weighted by atomic mass is 9.99. The Balaban J connectivity index is 2.21. The molecule has 1 fully saturated rings. The van der Waals surface area contributed by atoms with Crippen molar-refractivity contribution in [1.29, 1.82) is 0 Å². The summed E-state index contributed by atoms with van der Waals surface area (Å²) in [7, 11) is -3.20. The van der Waals surface area contributed by atoms with E-state index >= 15 is 0 Å². The van der Waals surface area contributed by atoms with Gasteiger partial charge in [0, 0.05) is 13.1 Å². The van der Waals surface area contributed by atoms with Crippen molar-refractivity contribution in [2.75, 3.05) is 32.4 Å². The summed E-state index contributed by atoms with van der Waals surface area (Å²) >= 11 is 0. The van der Waals surface area contributed by atoms with Crippen LogP contribution in [-0.2, 0) is 10.0 Å². The zero-order valence-corrected chi connectivity index (χ0v) is 10.8. The number of β-amino-alcohol motifs (C(OH)–C–C–N with tert-alkyl or cyclic N) is 1. The van der Waals surface area contributed by atoms with Gasteiger partial charge in [0.25, 0.3) is 0 Å². The Hall–Kier alpha value is -0.170. The number of nitrogens with one attached hydrogen (secondary N) is 1. The highest BCUT2D eigenvalue weighted by molar-refractivity contribution is 7.88. The minimum Gasteiger partial charge on any atom is -0.390 e. The van der Waals surface area contributed by atoms with Crippen molar-refractivity contribution in [2.45, 2.75) is 25.9 Å². The van der Waals surface area contributed by atoms with Crippen molar-refractivity contribution in [3.8, 4) is 0 Å². The Bertz CT molecular complexity index is 297. The lowest BCUT2D eigenvalue weighted by molar-refractivity contribution is 0.0943. The molecule has 0 amide bonds. The predicted molar refractivity (Wildman–Crippen MR) is 63.7 cm³/mol.